The second-order valence-corrected chi connectivity index (χ2v) is 6.14. The lowest BCUT2D eigenvalue weighted by atomic mass is 9.92. The fourth-order valence-electron chi connectivity index (χ4n) is 3.60. The van der Waals surface area contributed by atoms with Gasteiger partial charge in [0, 0.05) is 6.04 Å². The van der Waals surface area contributed by atoms with Gasteiger partial charge in [0.1, 0.15) is 12.1 Å². The third kappa shape index (κ3) is 3.15. The summed E-state index contributed by atoms with van der Waals surface area (Å²) in [5.41, 5.74) is 0. The van der Waals surface area contributed by atoms with E-state index >= 15 is 0 Å². The second-order valence-electron chi connectivity index (χ2n) is 6.14. The third-order valence-electron chi connectivity index (χ3n) is 4.77. The molecule has 0 radical (unpaired) electrons. The van der Waals surface area contributed by atoms with E-state index < -0.39 is 0 Å². The Balaban J connectivity index is 2.17. The number of carbonyl (C=O) groups is 2. The van der Waals surface area contributed by atoms with Gasteiger partial charge in [-0.05, 0) is 25.7 Å². The maximum absolute atomic E-state index is 12.7. The molecule has 0 aromatic carbocycles. The van der Waals surface area contributed by atoms with Gasteiger partial charge in [-0.15, -0.1) is 0 Å². The Labute approximate surface area is 122 Å². The highest BCUT2D eigenvalue weighted by Gasteiger charge is 2.41. The zero-order valence-electron chi connectivity index (χ0n) is 12.9. The highest BCUT2D eigenvalue weighted by atomic mass is 16.2. The van der Waals surface area contributed by atoms with Gasteiger partial charge in [-0.25, -0.2) is 0 Å². The number of hydrogen-bond donors (Lipinski definition) is 1. The van der Waals surface area contributed by atoms with Crippen molar-refractivity contribution in [1.82, 2.24) is 10.2 Å². The Morgan fingerprint density at radius 2 is 1.60 bits per heavy atom. The molecule has 20 heavy (non-hydrogen) atoms. The molecule has 1 heterocycles. The van der Waals surface area contributed by atoms with Crippen molar-refractivity contribution in [2.24, 2.45) is 0 Å². The molecule has 1 saturated carbocycles. The van der Waals surface area contributed by atoms with Crippen molar-refractivity contribution >= 4 is 11.8 Å². The SMILES string of the molecule is CCC1NC(=O)C(CC)N(C2CCCCCCC2)C1=O. The largest absolute Gasteiger partial charge is 0.343 e. The normalized spacial score (nSPS) is 29.8. The molecule has 4 nitrogen and oxygen atoms in total. The third-order valence-corrected chi connectivity index (χ3v) is 4.77. The van der Waals surface area contributed by atoms with E-state index in [1.807, 2.05) is 18.7 Å². The highest BCUT2D eigenvalue weighted by Crippen LogP contribution is 2.27. The van der Waals surface area contributed by atoms with E-state index in [1.165, 1.54) is 32.1 Å². The van der Waals surface area contributed by atoms with E-state index in [0.717, 1.165) is 12.8 Å². The molecule has 4 heteroatoms. The Morgan fingerprint density at radius 3 is 2.15 bits per heavy atom. The molecule has 1 aliphatic heterocycles. The summed E-state index contributed by atoms with van der Waals surface area (Å²) < 4.78 is 0. The van der Waals surface area contributed by atoms with E-state index in [-0.39, 0.29) is 29.9 Å². The monoisotopic (exact) mass is 280 g/mol. The van der Waals surface area contributed by atoms with Crippen molar-refractivity contribution in [2.45, 2.75) is 89.8 Å². The molecule has 0 aromatic heterocycles. The van der Waals surface area contributed by atoms with Crippen LogP contribution in [0.3, 0.4) is 0 Å². The predicted octanol–water partition coefficient (Wildman–Crippen LogP) is 2.61. The summed E-state index contributed by atoms with van der Waals surface area (Å²) in [5.74, 6) is 0.186. The van der Waals surface area contributed by atoms with Crippen LogP contribution in [0.2, 0.25) is 0 Å². The minimum absolute atomic E-state index is 0.0426. The fourth-order valence-corrected chi connectivity index (χ4v) is 3.60. The molecule has 2 unspecified atom stereocenters. The molecular weight excluding hydrogens is 252 g/mol. The van der Waals surface area contributed by atoms with Crippen LogP contribution in [0, 0.1) is 0 Å². The number of hydrogen-bond acceptors (Lipinski definition) is 2. The average Bonchev–Trinajstić information content (AvgIpc) is 2.41. The van der Waals surface area contributed by atoms with Gasteiger partial charge in [0.25, 0.3) is 0 Å². The Hall–Kier alpha value is -1.06. The number of amides is 2. The van der Waals surface area contributed by atoms with E-state index in [0.29, 0.717) is 12.8 Å². The summed E-state index contributed by atoms with van der Waals surface area (Å²) >= 11 is 0. The van der Waals surface area contributed by atoms with Crippen LogP contribution in [-0.4, -0.2) is 34.8 Å². The lowest BCUT2D eigenvalue weighted by Crippen LogP contribution is -2.65. The molecule has 0 spiro atoms. The molecule has 1 aliphatic carbocycles. The van der Waals surface area contributed by atoms with Gasteiger partial charge in [-0.3, -0.25) is 9.59 Å². The first kappa shape index (κ1) is 15.3. The van der Waals surface area contributed by atoms with Gasteiger partial charge in [0.05, 0.1) is 0 Å². The predicted molar refractivity (Wildman–Crippen MR) is 79.3 cm³/mol. The molecule has 2 atom stereocenters. The molecular formula is C16H28N2O2. The number of nitrogens with zero attached hydrogens (tertiary/aromatic N) is 1. The van der Waals surface area contributed by atoms with Gasteiger partial charge in [0.15, 0.2) is 0 Å². The van der Waals surface area contributed by atoms with Crippen molar-refractivity contribution in [1.29, 1.82) is 0 Å². The summed E-state index contributed by atoms with van der Waals surface area (Å²) in [6.45, 7) is 3.96. The molecule has 2 aliphatic rings. The summed E-state index contributed by atoms with van der Waals surface area (Å²) in [6, 6.07) is -0.293. The first-order valence-electron chi connectivity index (χ1n) is 8.31. The molecule has 0 bridgehead atoms. The van der Waals surface area contributed by atoms with Crippen molar-refractivity contribution in [2.75, 3.05) is 0 Å². The second kappa shape index (κ2) is 7.09. The standard InChI is InChI=1S/C16H28N2O2/c1-3-13-16(20)18(14(4-2)15(19)17-13)12-10-8-6-5-7-9-11-12/h12-14H,3-11H2,1-2H3,(H,17,19). The molecule has 2 amide bonds. The molecule has 1 N–H and O–H groups in total. The van der Waals surface area contributed by atoms with Crippen LogP contribution in [0.4, 0.5) is 0 Å². The zero-order chi connectivity index (χ0) is 14.5. The smallest absolute Gasteiger partial charge is 0.246 e. The number of carbonyl (C=O) groups excluding carboxylic acids is 2. The summed E-state index contributed by atoms with van der Waals surface area (Å²) in [6.07, 6.45) is 9.73. The molecule has 0 aromatic rings. The average molecular weight is 280 g/mol. The van der Waals surface area contributed by atoms with E-state index in [2.05, 4.69) is 5.32 Å². The quantitative estimate of drug-likeness (QED) is 0.864. The molecule has 1 saturated heterocycles. The Morgan fingerprint density at radius 1 is 1.00 bits per heavy atom. The Kier molecular flexibility index (Phi) is 5.44. The van der Waals surface area contributed by atoms with Gasteiger partial charge in [-0.2, -0.15) is 0 Å². The first-order chi connectivity index (χ1) is 9.69. The van der Waals surface area contributed by atoms with Crippen LogP contribution in [0.15, 0.2) is 0 Å². The van der Waals surface area contributed by atoms with E-state index in [1.54, 1.807) is 0 Å². The van der Waals surface area contributed by atoms with Gasteiger partial charge in [-0.1, -0.05) is 46.0 Å². The number of rotatable bonds is 3. The van der Waals surface area contributed by atoms with Crippen LogP contribution in [0.25, 0.3) is 0 Å². The van der Waals surface area contributed by atoms with Crippen molar-refractivity contribution in [3.63, 3.8) is 0 Å². The lowest BCUT2D eigenvalue weighted by molar-refractivity contribution is -0.153. The van der Waals surface area contributed by atoms with Crippen molar-refractivity contribution < 1.29 is 9.59 Å². The van der Waals surface area contributed by atoms with Crippen LogP contribution >= 0.6 is 0 Å². The highest BCUT2D eigenvalue weighted by molar-refractivity contribution is 5.97. The van der Waals surface area contributed by atoms with Crippen LogP contribution < -0.4 is 5.32 Å². The summed E-state index contributed by atoms with van der Waals surface area (Å²) in [4.78, 5) is 26.9. The van der Waals surface area contributed by atoms with Crippen molar-refractivity contribution in [3.8, 4) is 0 Å². The number of nitrogens with one attached hydrogen (secondary N) is 1. The van der Waals surface area contributed by atoms with Crippen LogP contribution in [-0.2, 0) is 9.59 Å². The van der Waals surface area contributed by atoms with Crippen LogP contribution in [0.5, 0.6) is 0 Å². The van der Waals surface area contributed by atoms with Gasteiger partial charge in [0.2, 0.25) is 11.8 Å². The summed E-state index contributed by atoms with van der Waals surface area (Å²) in [7, 11) is 0. The van der Waals surface area contributed by atoms with E-state index in [4.69, 9.17) is 0 Å². The van der Waals surface area contributed by atoms with Crippen molar-refractivity contribution in [3.05, 3.63) is 0 Å². The fraction of sp³-hybridized carbons (Fsp3) is 0.875. The van der Waals surface area contributed by atoms with E-state index in [9.17, 15) is 9.59 Å². The van der Waals surface area contributed by atoms with Gasteiger partial charge < -0.3 is 10.2 Å². The molecule has 114 valence electrons. The van der Waals surface area contributed by atoms with Crippen LogP contribution in [0.1, 0.15) is 71.6 Å². The topological polar surface area (TPSA) is 49.4 Å². The number of piperazine rings is 1. The zero-order valence-corrected chi connectivity index (χ0v) is 12.9. The molecule has 2 rings (SSSR count). The maximum atomic E-state index is 12.7. The lowest BCUT2D eigenvalue weighted by Gasteiger charge is -2.43. The minimum atomic E-state index is -0.309. The minimum Gasteiger partial charge on any atom is -0.343 e. The van der Waals surface area contributed by atoms with Gasteiger partial charge >= 0.3 is 0 Å². The summed E-state index contributed by atoms with van der Waals surface area (Å²) in [5, 5.41) is 2.88. The first-order valence-corrected chi connectivity index (χ1v) is 8.31. The molecule has 2 fully saturated rings. The maximum Gasteiger partial charge on any atom is 0.246 e. The Bertz CT molecular complexity index is 348.